The van der Waals surface area contributed by atoms with Gasteiger partial charge in [-0.1, -0.05) is 45.9 Å². The third kappa shape index (κ3) is 5.04. The standard InChI is InChI=1S/C21H30N4O/c1-13(2)15-9-8-10-16(14(3)4)18(15)24-20-22-12-11-17(23-20)19(26)25-21(5,6)7/h8-14H,1-7H3,(H,25,26)(H,22,23,24). The molecule has 0 bridgehead atoms. The second kappa shape index (κ2) is 7.85. The maximum Gasteiger partial charge on any atom is 0.270 e. The molecule has 1 aromatic heterocycles. The molecule has 26 heavy (non-hydrogen) atoms. The molecular weight excluding hydrogens is 324 g/mol. The molecule has 0 fully saturated rings. The molecule has 0 aliphatic rings. The Morgan fingerprint density at radius 3 is 2.08 bits per heavy atom. The molecule has 0 unspecified atom stereocenters. The fourth-order valence-corrected chi connectivity index (χ4v) is 2.76. The van der Waals surface area contributed by atoms with E-state index in [-0.39, 0.29) is 11.4 Å². The second-order valence-electron chi connectivity index (χ2n) is 8.22. The summed E-state index contributed by atoms with van der Waals surface area (Å²) in [5, 5.41) is 6.29. The van der Waals surface area contributed by atoms with E-state index in [4.69, 9.17) is 0 Å². The number of nitrogens with one attached hydrogen (secondary N) is 2. The first-order valence-electron chi connectivity index (χ1n) is 9.14. The van der Waals surface area contributed by atoms with Gasteiger partial charge in [0.2, 0.25) is 5.95 Å². The Kier molecular flexibility index (Phi) is 6.01. The van der Waals surface area contributed by atoms with Crippen molar-refractivity contribution in [2.24, 2.45) is 0 Å². The Balaban J connectivity index is 2.38. The topological polar surface area (TPSA) is 66.9 Å². The van der Waals surface area contributed by atoms with E-state index in [1.54, 1.807) is 12.3 Å². The molecule has 0 saturated heterocycles. The number of hydrogen-bond acceptors (Lipinski definition) is 4. The van der Waals surface area contributed by atoms with Crippen LogP contribution in [0.5, 0.6) is 0 Å². The van der Waals surface area contributed by atoms with Crippen molar-refractivity contribution < 1.29 is 4.79 Å². The maximum atomic E-state index is 12.4. The van der Waals surface area contributed by atoms with Crippen molar-refractivity contribution in [1.29, 1.82) is 0 Å². The molecule has 0 saturated carbocycles. The zero-order chi connectivity index (χ0) is 19.5. The molecule has 0 aliphatic carbocycles. The predicted octanol–water partition coefficient (Wildman–Crippen LogP) is 5.00. The van der Waals surface area contributed by atoms with Crippen LogP contribution in [0.3, 0.4) is 0 Å². The Morgan fingerprint density at radius 2 is 1.58 bits per heavy atom. The largest absolute Gasteiger partial charge is 0.346 e. The van der Waals surface area contributed by atoms with Gasteiger partial charge in [0.1, 0.15) is 5.69 Å². The van der Waals surface area contributed by atoms with Gasteiger partial charge in [-0.05, 0) is 49.8 Å². The number of amides is 1. The number of para-hydroxylation sites is 1. The summed E-state index contributed by atoms with van der Waals surface area (Å²) in [6.07, 6.45) is 1.61. The molecule has 2 rings (SSSR count). The Bertz CT molecular complexity index is 750. The molecule has 1 amide bonds. The highest BCUT2D eigenvalue weighted by atomic mass is 16.2. The first-order chi connectivity index (χ1) is 12.1. The normalized spacial score (nSPS) is 11.7. The fraction of sp³-hybridized carbons (Fsp3) is 0.476. The van der Waals surface area contributed by atoms with Crippen molar-refractivity contribution in [3.63, 3.8) is 0 Å². The summed E-state index contributed by atoms with van der Waals surface area (Å²) in [7, 11) is 0. The summed E-state index contributed by atoms with van der Waals surface area (Å²) >= 11 is 0. The molecule has 5 nitrogen and oxygen atoms in total. The number of benzene rings is 1. The van der Waals surface area contributed by atoms with Gasteiger partial charge < -0.3 is 10.6 Å². The summed E-state index contributed by atoms with van der Waals surface area (Å²) in [4.78, 5) is 21.1. The molecular formula is C21H30N4O. The van der Waals surface area contributed by atoms with E-state index in [0.717, 1.165) is 5.69 Å². The van der Waals surface area contributed by atoms with Crippen molar-refractivity contribution in [2.75, 3.05) is 5.32 Å². The van der Waals surface area contributed by atoms with Gasteiger partial charge >= 0.3 is 0 Å². The Morgan fingerprint density at radius 1 is 1.00 bits per heavy atom. The summed E-state index contributed by atoms with van der Waals surface area (Å²) in [5.74, 6) is 0.956. The van der Waals surface area contributed by atoms with Gasteiger partial charge in [-0.2, -0.15) is 0 Å². The van der Waals surface area contributed by atoms with Crippen LogP contribution >= 0.6 is 0 Å². The fourth-order valence-electron chi connectivity index (χ4n) is 2.76. The number of carbonyl (C=O) groups is 1. The third-order valence-corrected chi connectivity index (χ3v) is 3.99. The monoisotopic (exact) mass is 354 g/mol. The van der Waals surface area contributed by atoms with Crippen molar-refractivity contribution in [3.05, 3.63) is 47.3 Å². The van der Waals surface area contributed by atoms with Gasteiger partial charge in [-0.15, -0.1) is 0 Å². The minimum Gasteiger partial charge on any atom is -0.346 e. The molecule has 2 N–H and O–H groups in total. The number of hydrogen-bond donors (Lipinski definition) is 2. The molecule has 0 aliphatic heterocycles. The van der Waals surface area contributed by atoms with Crippen LogP contribution in [0, 0.1) is 0 Å². The molecule has 0 radical (unpaired) electrons. The van der Waals surface area contributed by atoms with Crippen LogP contribution in [-0.2, 0) is 0 Å². The van der Waals surface area contributed by atoms with Gasteiger partial charge in [0.15, 0.2) is 0 Å². The average Bonchev–Trinajstić information content (AvgIpc) is 2.53. The molecule has 0 spiro atoms. The highest BCUT2D eigenvalue weighted by molar-refractivity contribution is 5.93. The third-order valence-electron chi connectivity index (χ3n) is 3.99. The van der Waals surface area contributed by atoms with E-state index in [2.05, 4.69) is 66.5 Å². The van der Waals surface area contributed by atoms with Crippen LogP contribution < -0.4 is 10.6 Å². The lowest BCUT2D eigenvalue weighted by molar-refractivity contribution is 0.0914. The number of carbonyl (C=O) groups excluding carboxylic acids is 1. The Hall–Kier alpha value is -2.43. The van der Waals surface area contributed by atoms with Crippen molar-refractivity contribution in [1.82, 2.24) is 15.3 Å². The first-order valence-corrected chi connectivity index (χ1v) is 9.14. The van der Waals surface area contributed by atoms with E-state index in [1.165, 1.54) is 11.1 Å². The molecule has 2 aromatic rings. The highest BCUT2D eigenvalue weighted by Gasteiger charge is 2.18. The van der Waals surface area contributed by atoms with Crippen LogP contribution in [0.2, 0.25) is 0 Å². The summed E-state index contributed by atoms with van der Waals surface area (Å²) in [6, 6.07) is 7.96. The number of rotatable bonds is 5. The summed E-state index contributed by atoms with van der Waals surface area (Å²) in [6.45, 7) is 14.5. The number of nitrogens with zero attached hydrogens (tertiary/aromatic N) is 2. The molecule has 140 valence electrons. The average molecular weight is 354 g/mol. The van der Waals surface area contributed by atoms with Crippen LogP contribution in [-0.4, -0.2) is 21.4 Å². The van der Waals surface area contributed by atoms with E-state index in [0.29, 0.717) is 23.5 Å². The summed E-state index contributed by atoms with van der Waals surface area (Å²) in [5.41, 5.74) is 3.50. The second-order valence-corrected chi connectivity index (χ2v) is 8.22. The van der Waals surface area contributed by atoms with Crippen LogP contribution in [0.15, 0.2) is 30.5 Å². The zero-order valence-corrected chi connectivity index (χ0v) is 16.8. The summed E-state index contributed by atoms with van der Waals surface area (Å²) < 4.78 is 0. The lowest BCUT2D eigenvalue weighted by Gasteiger charge is -2.21. The smallest absolute Gasteiger partial charge is 0.270 e. The highest BCUT2D eigenvalue weighted by Crippen LogP contribution is 2.33. The molecule has 1 heterocycles. The molecule has 5 heteroatoms. The van der Waals surface area contributed by atoms with Crippen LogP contribution in [0.25, 0.3) is 0 Å². The quantitative estimate of drug-likeness (QED) is 0.793. The maximum absolute atomic E-state index is 12.4. The minimum absolute atomic E-state index is 0.204. The lowest BCUT2D eigenvalue weighted by atomic mass is 9.93. The van der Waals surface area contributed by atoms with Gasteiger partial charge in [-0.3, -0.25) is 4.79 Å². The van der Waals surface area contributed by atoms with Crippen molar-refractivity contribution in [2.45, 2.75) is 65.8 Å². The SMILES string of the molecule is CC(C)c1cccc(C(C)C)c1Nc1nccc(C(=O)NC(C)(C)C)n1. The van der Waals surface area contributed by atoms with E-state index in [1.807, 2.05) is 20.8 Å². The van der Waals surface area contributed by atoms with Gasteiger partial charge in [0, 0.05) is 17.4 Å². The van der Waals surface area contributed by atoms with E-state index < -0.39 is 0 Å². The van der Waals surface area contributed by atoms with Gasteiger partial charge in [0.25, 0.3) is 5.91 Å². The molecule has 0 atom stereocenters. The van der Waals surface area contributed by atoms with E-state index >= 15 is 0 Å². The van der Waals surface area contributed by atoms with Gasteiger partial charge in [0.05, 0.1) is 0 Å². The predicted molar refractivity (Wildman–Crippen MR) is 107 cm³/mol. The first kappa shape index (κ1) is 19.9. The Labute approximate surface area is 156 Å². The van der Waals surface area contributed by atoms with Crippen LogP contribution in [0.1, 0.15) is 81.9 Å². The minimum atomic E-state index is -0.315. The molecule has 1 aromatic carbocycles. The van der Waals surface area contributed by atoms with E-state index in [9.17, 15) is 4.79 Å². The number of anilines is 2. The van der Waals surface area contributed by atoms with Crippen LogP contribution in [0.4, 0.5) is 11.6 Å². The van der Waals surface area contributed by atoms with Crippen molar-refractivity contribution in [3.8, 4) is 0 Å². The van der Waals surface area contributed by atoms with Crippen molar-refractivity contribution >= 4 is 17.5 Å². The lowest BCUT2D eigenvalue weighted by Crippen LogP contribution is -2.41. The number of aromatic nitrogens is 2. The van der Waals surface area contributed by atoms with Gasteiger partial charge in [-0.25, -0.2) is 9.97 Å². The zero-order valence-electron chi connectivity index (χ0n) is 16.8.